The summed E-state index contributed by atoms with van der Waals surface area (Å²) in [6.07, 6.45) is 0.103. The fourth-order valence-corrected chi connectivity index (χ4v) is 1.08. The zero-order valence-electron chi connectivity index (χ0n) is 6.91. The number of rotatable bonds is 3. The van der Waals surface area contributed by atoms with Crippen LogP contribution >= 0.6 is 0 Å². The Hall–Kier alpha value is -0.610. The second-order valence-corrected chi connectivity index (χ2v) is 2.90. The Morgan fingerprint density at radius 2 is 2.55 bits per heavy atom. The Bertz CT molecular complexity index is 161. The van der Waals surface area contributed by atoms with Crippen molar-refractivity contribution >= 4 is 5.91 Å². The quantitative estimate of drug-likeness (QED) is 0.546. The summed E-state index contributed by atoms with van der Waals surface area (Å²) in [5.41, 5.74) is 5.40. The van der Waals surface area contributed by atoms with E-state index in [1.54, 1.807) is 12.0 Å². The highest BCUT2D eigenvalue weighted by atomic mass is 16.5. The molecule has 2 unspecified atom stereocenters. The lowest BCUT2D eigenvalue weighted by Gasteiger charge is -2.37. The second-order valence-electron chi connectivity index (χ2n) is 2.90. The first-order valence-electron chi connectivity index (χ1n) is 3.72. The number of carbonyl (C=O) groups excluding carboxylic acids is 1. The van der Waals surface area contributed by atoms with Crippen LogP contribution in [0.15, 0.2) is 0 Å². The van der Waals surface area contributed by atoms with Crippen molar-refractivity contribution in [1.29, 1.82) is 0 Å². The van der Waals surface area contributed by atoms with Gasteiger partial charge in [0, 0.05) is 20.2 Å². The normalized spacial score (nSPS) is 26.6. The number of nitrogens with zero attached hydrogens (tertiary/aromatic N) is 1. The predicted octanol–water partition coefficient (Wildman–Crippen LogP) is -0.809. The molecule has 1 rings (SSSR count). The van der Waals surface area contributed by atoms with Gasteiger partial charge >= 0.3 is 0 Å². The minimum atomic E-state index is -0.265. The number of carbonyl (C=O) groups is 1. The van der Waals surface area contributed by atoms with Crippen molar-refractivity contribution < 1.29 is 9.53 Å². The molecular weight excluding hydrogens is 144 g/mol. The van der Waals surface area contributed by atoms with Crippen LogP contribution in [0.1, 0.15) is 6.92 Å². The molecule has 1 aliphatic heterocycles. The lowest BCUT2D eigenvalue weighted by molar-refractivity contribution is -0.144. The van der Waals surface area contributed by atoms with Crippen LogP contribution in [0.25, 0.3) is 0 Å². The predicted molar refractivity (Wildman–Crippen MR) is 41.0 cm³/mol. The number of methoxy groups -OCH3 is 1. The third-order valence-corrected chi connectivity index (χ3v) is 1.93. The third-order valence-electron chi connectivity index (χ3n) is 1.93. The van der Waals surface area contributed by atoms with Gasteiger partial charge in [0.25, 0.3) is 0 Å². The van der Waals surface area contributed by atoms with E-state index in [4.69, 9.17) is 10.5 Å². The highest BCUT2D eigenvalue weighted by Crippen LogP contribution is 2.08. The van der Waals surface area contributed by atoms with Gasteiger partial charge in [0.05, 0.1) is 6.10 Å². The summed E-state index contributed by atoms with van der Waals surface area (Å²) >= 11 is 0. The van der Waals surface area contributed by atoms with Gasteiger partial charge in [-0.25, -0.2) is 0 Å². The number of amides is 1. The number of β-lactam (4-membered cyclic amide) rings is 1. The lowest BCUT2D eigenvalue weighted by Crippen LogP contribution is -2.62. The SMILES string of the molecule is COC(C)CN1CC(N)C1=O. The van der Waals surface area contributed by atoms with Gasteiger partial charge in [-0.2, -0.15) is 0 Å². The van der Waals surface area contributed by atoms with Crippen LogP contribution in [0.4, 0.5) is 0 Å². The first-order valence-corrected chi connectivity index (χ1v) is 3.72. The van der Waals surface area contributed by atoms with Gasteiger partial charge in [-0.3, -0.25) is 4.79 Å². The third kappa shape index (κ3) is 1.70. The van der Waals surface area contributed by atoms with Crippen molar-refractivity contribution in [2.24, 2.45) is 5.73 Å². The molecule has 11 heavy (non-hydrogen) atoms. The van der Waals surface area contributed by atoms with E-state index in [9.17, 15) is 4.79 Å². The largest absolute Gasteiger partial charge is 0.380 e. The molecule has 0 saturated carbocycles. The van der Waals surface area contributed by atoms with Crippen molar-refractivity contribution in [2.75, 3.05) is 20.2 Å². The van der Waals surface area contributed by atoms with Crippen molar-refractivity contribution in [3.8, 4) is 0 Å². The maximum absolute atomic E-state index is 11.0. The van der Waals surface area contributed by atoms with Crippen LogP contribution in [0.5, 0.6) is 0 Å². The van der Waals surface area contributed by atoms with Crippen LogP contribution in [0.3, 0.4) is 0 Å². The first-order chi connectivity index (χ1) is 5.15. The second kappa shape index (κ2) is 3.19. The molecule has 0 aromatic heterocycles. The molecule has 0 spiro atoms. The number of ether oxygens (including phenoxy) is 1. The maximum atomic E-state index is 11.0. The summed E-state index contributed by atoms with van der Waals surface area (Å²) in [5, 5.41) is 0. The Kier molecular flexibility index (Phi) is 2.46. The number of hydrogen-bond donors (Lipinski definition) is 1. The van der Waals surface area contributed by atoms with E-state index in [1.165, 1.54) is 0 Å². The Morgan fingerprint density at radius 1 is 1.91 bits per heavy atom. The van der Waals surface area contributed by atoms with E-state index in [-0.39, 0.29) is 18.1 Å². The molecule has 0 aliphatic carbocycles. The van der Waals surface area contributed by atoms with Gasteiger partial charge in [0.15, 0.2) is 0 Å². The summed E-state index contributed by atoms with van der Waals surface area (Å²) < 4.78 is 5.01. The molecule has 64 valence electrons. The molecule has 1 aliphatic rings. The summed E-state index contributed by atoms with van der Waals surface area (Å²) in [6.45, 7) is 3.26. The minimum Gasteiger partial charge on any atom is -0.380 e. The van der Waals surface area contributed by atoms with Gasteiger partial charge in [0.1, 0.15) is 6.04 Å². The average molecular weight is 158 g/mol. The Labute approximate surface area is 66.3 Å². The van der Waals surface area contributed by atoms with Crippen LogP contribution in [-0.4, -0.2) is 43.2 Å². The Balaban J connectivity index is 2.25. The van der Waals surface area contributed by atoms with Crippen molar-refractivity contribution in [3.63, 3.8) is 0 Å². The number of likely N-dealkylation sites (tertiary alicyclic amines) is 1. The number of hydrogen-bond acceptors (Lipinski definition) is 3. The van der Waals surface area contributed by atoms with E-state index < -0.39 is 0 Å². The molecule has 4 nitrogen and oxygen atoms in total. The molecule has 4 heteroatoms. The summed E-state index contributed by atoms with van der Waals surface area (Å²) in [5.74, 6) is 0.0360. The fraction of sp³-hybridized carbons (Fsp3) is 0.857. The van der Waals surface area contributed by atoms with Crippen molar-refractivity contribution in [3.05, 3.63) is 0 Å². The van der Waals surface area contributed by atoms with E-state index in [1.807, 2.05) is 6.92 Å². The minimum absolute atomic E-state index is 0.0360. The van der Waals surface area contributed by atoms with Gasteiger partial charge in [-0.05, 0) is 6.92 Å². The monoisotopic (exact) mass is 158 g/mol. The Morgan fingerprint density at radius 3 is 2.91 bits per heavy atom. The van der Waals surface area contributed by atoms with Crippen molar-refractivity contribution in [2.45, 2.75) is 19.1 Å². The molecule has 1 fully saturated rings. The van der Waals surface area contributed by atoms with E-state index in [2.05, 4.69) is 0 Å². The molecule has 0 aromatic rings. The molecule has 1 heterocycles. The molecular formula is C7H14N2O2. The van der Waals surface area contributed by atoms with E-state index in [0.717, 1.165) is 0 Å². The maximum Gasteiger partial charge on any atom is 0.241 e. The smallest absolute Gasteiger partial charge is 0.241 e. The summed E-state index contributed by atoms with van der Waals surface area (Å²) in [4.78, 5) is 12.7. The first kappa shape index (κ1) is 8.49. The molecule has 0 bridgehead atoms. The van der Waals surface area contributed by atoms with Gasteiger partial charge in [0.2, 0.25) is 5.91 Å². The van der Waals surface area contributed by atoms with Gasteiger partial charge in [-0.15, -0.1) is 0 Å². The lowest BCUT2D eigenvalue weighted by atomic mass is 10.1. The molecule has 2 N–H and O–H groups in total. The van der Waals surface area contributed by atoms with Crippen LogP contribution in [0, 0.1) is 0 Å². The fourth-order valence-electron chi connectivity index (χ4n) is 1.08. The van der Waals surface area contributed by atoms with Crippen LogP contribution in [0.2, 0.25) is 0 Å². The zero-order chi connectivity index (χ0) is 8.43. The standard InChI is InChI=1S/C7H14N2O2/c1-5(11-2)3-9-4-6(8)7(9)10/h5-6H,3-4,8H2,1-2H3. The molecule has 0 aromatic carbocycles. The zero-order valence-corrected chi connectivity index (χ0v) is 6.91. The molecule has 1 amide bonds. The molecule has 2 atom stereocenters. The molecule has 0 radical (unpaired) electrons. The molecule has 1 saturated heterocycles. The highest BCUT2D eigenvalue weighted by Gasteiger charge is 2.33. The van der Waals surface area contributed by atoms with Crippen molar-refractivity contribution in [1.82, 2.24) is 4.90 Å². The van der Waals surface area contributed by atoms with E-state index >= 15 is 0 Å². The highest BCUT2D eigenvalue weighted by molar-refractivity contribution is 5.87. The summed E-state index contributed by atoms with van der Waals surface area (Å²) in [6, 6.07) is -0.265. The van der Waals surface area contributed by atoms with Gasteiger partial charge in [-0.1, -0.05) is 0 Å². The summed E-state index contributed by atoms with van der Waals surface area (Å²) in [7, 11) is 1.63. The average Bonchev–Trinajstić information content (AvgIpc) is 2.03. The van der Waals surface area contributed by atoms with Crippen LogP contribution < -0.4 is 5.73 Å². The van der Waals surface area contributed by atoms with E-state index in [0.29, 0.717) is 13.1 Å². The van der Waals surface area contributed by atoms with Gasteiger partial charge < -0.3 is 15.4 Å². The topological polar surface area (TPSA) is 55.6 Å². The van der Waals surface area contributed by atoms with Crippen LogP contribution in [-0.2, 0) is 9.53 Å². The number of nitrogens with two attached hydrogens (primary N) is 1.